The van der Waals surface area contributed by atoms with Crippen LogP contribution in [0.2, 0.25) is 0 Å². The van der Waals surface area contributed by atoms with Crippen LogP contribution in [0.25, 0.3) is 0 Å². The Balaban J connectivity index is 1.60. The fraction of sp³-hybridized carbons (Fsp3) is 0.435. The van der Waals surface area contributed by atoms with E-state index < -0.39 is 0 Å². The molecule has 1 saturated carbocycles. The summed E-state index contributed by atoms with van der Waals surface area (Å²) in [5, 5.41) is 0.696. The van der Waals surface area contributed by atoms with Crippen LogP contribution in [0, 0.1) is 0 Å². The van der Waals surface area contributed by atoms with Gasteiger partial charge >= 0.3 is 0 Å². The monoisotopic (exact) mass is 459 g/mol. The molecule has 1 fully saturated rings. The Morgan fingerprint density at radius 2 is 1.76 bits per heavy atom. The lowest BCUT2D eigenvalue weighted by Crippen LogP contribution is -2.37. The Bertz CT molecular complexity index is 888. The van der Waals surface area contributed by atoms with Gasteiger partial charge in [0.2, 0.25) is 0 Å². The van der Waals surface area contributed by atoms with E-state index in [1.165, 1.54) is 6.42 Å². The van der Waals surface area contributed by atoms with Crippen molar-refractivity contribution in [1.82, 2.24) is 4.90 Å². The number of halogens is 1. The van der Waals surface area contributed by atoms with E-state index in [0.29, 0.717) is 24.5 Å². The van der Waals surface area contributed by atoms with Crippen molar-refractivity contribution in [1.29, 1.82) is 0 Å². The Morgan fingerprint density at radius 3 is 2.34 bits per heavy atom. The summed E-state index contributed by atoms with van der Waals surface area (Å²) in [6.45, 7) is 1.18. The molecular weight excluding hydrogens is 434 g/mol. The molecule has 0 bridgehead atoms. The number of hydrogen-bond donors (Lipinski definition) is 0. The average molecular weight is 460 g/mol. The van der Waals surface area contributed by atoms with Gasteiger partial charge < -0.3 is 19.1 Å². The Hall–Kier alpha value is -2.21. The van der Waals surface area contributed by atoms with Gasteiger partial charge in [-0.25, -0.2) is 0 Å². The number of benzene rings is 2. The Kier molecular flexibility index (Phi) is 5.99. The summed E-state index contributed by atoms with van der Waals surface area (Å²) in [5.41, 5.74) is 3.86. The van der Waals surface area contributed by atoms with Gasteiger partial charge in [0.15, 0.2) is 0 Å². The van der Waals surface area contributed by atoms with Gasteiger partial charge in [-0.3, -0.25) is 4.79 Å². The standard InChI is InChI=1S/C23H26BrNO4/c1-27-18-8-16(9-19(12-18)28-2)14-25-7-6-20-21(23(25)26)10-15(13-24)11-22(20)29-17-4-3-5-17/h8-12,17H,3-7,13-14H2,1-2H3. The molecule has 0 unspecified atom stereocenters. The van der Waals surface area contributed by atoms with E-state index in [-0.39, 0.29) is 5.91 Å². The van der Waals surface area contributed by atoms with E-state index >= 15 is 0 Å². The third-order valence-electron chi connectivity index (χ3n) is 5.70. The molecule has 154 valence electrons. The highest BCUT2D eigenvalue weighted by molar-refractivity contribution is 9.08. The molecule has 0 radical (unpaired) electrons. The molecule has 1 aliphatic carbocycles. The van der Waals surface area contributed by atoms with Crippen LogP contribution in [-0.2, 0) is 18.3 Å². The topological polar surface area (TPSA) is 48.0 Å². The van der Waals surface area contributed by atoms with Gasteiger partial charge in [-0.2, -0.15) is 0 Å². The number of carbonyl (C=O) groups excluding carboxylic acids is 1. The van der Waals surface area contributed by atoms with Gasteiger partial charge in [0.25, 0.3) is 5.91 Å². The van der Waals surface area contributed by atoms with Crippen LogP contribution in [-0.4, -0.2) is 37.7 Å². The van der Waals surface area contributed by atoms with Crippen LogP contribution >= 0.6 is 15.9 Å². The number of alkyl halides is 1. The fourth-order valence-corrected chi connectivity index (χ4v) is 4.17. The largest absolute Gasteiger partial charge is 0.497 e. The number of rotatable bonds is 7. The van der Waals surface area contributed by atoms with Gasteiger partial charge in [0.1, 0.15) is 17.2 Å². The second kappa shape index (κ2) is 8.66. The number of fused-ring (bicyclic) bond motifs is 1. The van der Waals surface area contributed by atoms with Crippen molar-refractivity contribution < 1.29 is 19.0 Å². The molecule has 4 rings (SSSR count). The third kappa shape index (κ3) is 4.22. The van der Waals surface area contributed by atoms with Gasteiger partial charge in [-0.15, -0.1) is 0 Å². The normalized spacial score (nSPS) is 16.2. The molecule has 6 heteroatoms. The molecule has 2 aliphatic rings. The number of methoxy groups -OCH3 is 2. The summed E-state index contributed by atoms with van der Waals surface area (Å²) in [6.07, 6.45) is 4.52. The SMILES string of the molecule is COc1cc(CN2CCc3c(OC4CCC4)cc(CBr)cc3C2=O)cc(OC)c1. The van der Waals surface area contributed by atoms with E-state index in [1.807, 2.05) is 29.2 Å². The van der Waals surface area contributed by atoms with E-state index in [2.05, 4.69) is 22.0 Å². The van der Waals surface area contributed by atoms with E-state index in [0.717, 1.165) is 58.8 Å². The summed E-state index contributed by atoms with van der Waals surface area (Å²) in [4.78, 5) is 15.2. The number of ether oxygens (including phenoxy) is 3. The predicted molar refractivity (Wildman–Crippen MR) is 115 cm³/mol. The maximum Gasteiger partial charge on any atom is 0.254 e. The maximum atomic E-state index is 13.3. The van der Waals surface area contributed by atoms with Crippen molar-refractivity contribution in [3.63, 3.8) is 0 Å². The highest BCUT2D eigenvalue weighted by atomic mass is 79.9. The first kappa shape index (κ1) is 20.1. The van der Waals surface area contributed by atoms with Crippen molar-refractivity contribution in [2.24, 2.45) is 0 Å². The van der Waals surface area contributed by atoms with Crippen molar-refractivity contribution >= 4 is 21.8 Å². The zero-order valence-electron chi connectivity index (χ0n) is 16.9. The van der Waals surface area contributed by atoms with Crippen LogP contribution in [0.5, 0.6) is 17.2 Å². The highest BCUT2D eigenvalue weighted by Gasteiger charge is 2.29. The molecule has 0 atom stereocenters. The zero-order chi connectivity index (χ0) is 20.4. The van der Waals surface area contributed by atoms with Crippen molar-refractivity contribution in [2.45, 2.75) is 43.7 Å². The molecular formula is C23H26BrNO4. The van der Waals surface area contributed by atoms with Crippen LogP contribution in [0.1, 0.15) is 46.3 Å². The number of amides is 1. The molecule has 0 aromatic heterocycles. The molecule has 2 aromatic rings. The number of carbonyl (C=O) groups is 1. The number of hydrogen-bond acceptors (Lipinski definition) is 4. The minimum absolute atomic E-state index is 0.0503. The zero-order valence-corrected chi connectivity index (χ0v) is 18.5. The van der Waals surface area contributed by atoms with Gasteiger partial charge in [-0.1, -0.05) is 15.9 Å². The lowest BCUT2D eigenvalue weighted by Gasteiger charge is -2.33. The quantitative estimate of drug-likeness (QED) is 0.561. The first-order chi connectivity index (χ1) is 14.1. The second-order valence-corrected chi connectivity index (χ2v) is 8.18. The first-order valence-corrected chi connectivity index (χ1v) is 11.1. The van der Waals surface area contributed by atoms with Crippen LogP contribution in [0.4, 0.5) is 0 Å². The van der Waals surface area contributed by atoms with E-state index in [9.17, 15) is 4.79 Å². The molecule has 1 aliphatic heterocycles. The summed E-state index contributed by atoms with van der Waals surface area (Å²) in [7, 11) is 3.26. The van der Waals surface area contributed by atoms with Crippen LogP contribution < -0.4 is 14.2 Å². The number of nitrogens with zero attached hydrogens (tertiary/aromatic N) is 1. The molecule has 0 N–H and O–H groups in total. The first-order valence-electron chi connectivity index (χ1n) is 10.0. The molecule has 1 heterocycles. The van der Waals surface area contributed by atoms with Gasteiger partial charge in [0.05, 0.1) is 20.3 Å². The van der Waals surface area contributed by atoms with Crippen molar-refractivity contribution in [3.8, 4) is 17.2 Å². The summed E-state index contributed by atoms with van der Waals surface area (Å²) in [5.74, 6) is 2.39. The van der Waals surface area contributed by atoms with Crippen molar-refractivity contribution in [3.05, 3.63) is 52.6 Å². The second-order valence-electron chi connectivity index (χ2n) is 7.62. The molecule has 2 aromatic carbocycles. The maximum absolute atomic E-state index is 13.3. The molecule has 29 heavy (non-hydrogen) atoms. The predicted octanol–water partition coefficient (Wildman–Crippen LogP) is 4.73. The molecule has 0 spiro atoms. The average Bonchev–Trinajstić information content (AvgIpc) is 2.72. The molecule has 1 amide bonds. The minimum Gasteiger partial charge on any atom is -0.497 e. The highest BCUT2D eigenvalue weighted by Crippen LogP contribution is 2.35. The fourth-order valence-electron chi connectivity index (χ4n) is 3.85. The lowest BCUT2D eigenvalue weighted by molar-refractivity contribution is 0.0719. The third-order valence-corrected chi connectivity index (χ3v) is 6.35. The van der Waals surface area contributed by atoms with Crippen LogP contribution in [0.3, 0.4) is 0 Å². The summed E-state index contributed by atoms with van der Waals surface area (Å²) >= 11 is 3.53. The van der Waals surface area contributed by atoms with Crippen molar-refractivity contribution in [2.75, 3.05) is 20.8 Å². The Morgan fingerprint density at radius 1 is 1.03 bits per heavy atom. The van der Waals surface area contributed by atoms with Gasteiger partial charge in [-0.05, 0) is 61.1 Å². The van der Waals surface area contributed by atoms with Crippen LogP contribution in [0.15, 0.2) is 30.3 Å². The summed E-state index contributed by atoms with van der Waals surface area (Å²) < 4.78 is 17.0. The molecule has 0 saturated heterocycles. The Labute approximate surface area is 180 Å². The lowest BCUT2D eigenvalue weighted by atomic mass is 9.93. The van der Waals surface area contributed by atoms with E-state index in [1.54, 1.807) is 14.2 Å². The smallest absolute Gasteiger partial charge is 0.254 e. The minimum atomic E-state index is 0.0503. The molecule has 5 nitrogen and oxygen atoms in total. The van der Waals surface area contributed by atoms with Gasteiger partial charge in [0, 0.05) is 35.6 Å². The summed E-state index contributed by atoms with van der Waals surface area (Å²) in [6, 6.07) is 9.82. The van der Waals surface area contributed by atoms with E-state index in [4.69, 9.17) is 14.2 Å².